The zero-order valence-electron chi connectivity index (χ0n) is 17.2. The van der Waals surface area contributed by atoms with E-state index in [1.54, 1.807) is 19.1 Å². The summed E-state index contributed by atoms with van der Waals surface area (Å²) in [6.45, 7) is 1.40. The summed E-state index contributed by atoms with van der Waals surface area (Å²) >= 11 is 6.22. The average Bonchev–Trinajstić information content (AvgIpc) is 2.77. The molecule has 0 aliphatic carbocycles. The second-order valence-corrected chi connectivity index (χ2v) is 7.51. The van der Waals surface area contributed by atoms with E-state index in [0.29, 0.717) is 5.69 Å². The fraction of sp³-hybridized carbons (Fsp3) is 0.217. The summed E-state index contributed by atoms with van der Waals surface area (Å²) < 4.78 is 33.9. The molecule has 168 valence electrons. The summed E-state index contributed by atoms with van der Waals surface area (Å²) in [5, 5.41) is 11.2. The third-order valence-electron chi connectivity index (χ3n) is 4.78. The van der Waals surface area contributed by atoms with E-state index in [4.69, 9.17) is 21.4 Å². The van der Waals surface area contributed by atoms with Crippen LogP contribution in [0.4, 0.5) is 8.78 Å². The third kappa shape index (κ3) is 5.72. The molecule has 6 nitrogen and oxygen atoms in total. The lowest BCUT2D eigenvalue weighted by atomic mass is 10.1. The van der Waals surface area contributed by atoms with Crippen LogP contribution in [0.2, 0.25) is 5.02 Å². The zero-order chi connectivity index (χ0) is 23.3. The number of nitrogens with one attached hydrogen (secondary N) is 1. The van der Waals surface area contributed by atoms with Crippen LogP contribution in [0.15, 0.2) is 53.3 Å². The Morgan fingerprint density at radius 3 is 2.62 bits per heavy atom. The molecule has 3 rings (SSSR count). The van der Waals surface area contributed by atoms with Crippen LogP contribution in [-0.4, -0.2) is 22.2 Å². The number of benzene rings is 2. The molecule has 1 heterocycles. The van der Waals surface area contributed by atoms with Gasteiger partial charge >= 0.3 is 0 Å². The van der Waals surface area contributed by atoms with E-state index in [1.807, 2.05) is 18.2 Å². The SMILES string of the molecule is Cc1cc(OCc2ccc(F)cc2F)c(Cl)c(=O)n1Cc1cccc(CNC(=O)CO)c1. The number of aliphatic hydroxyl groups excluding tert-OH is 1. The Morgan fingerprint density at radius 2 is 1.91 bits per heavy atom. The Bertz CT molecular complexity index is 1200. The number of hydrogen-bond acceptors (Lipinski definition) is 4. The molecule has 9 heteroatoms. The van der Waals surface area contributed by atoms with Gasteiger partial charge in [-0.05, 0) is 30.2 Å². The lowest BCUT2D eigenvalue weighted by molar-refractivity contribution is -0.123. The molecule has 0 radical (unpaired) electrons. The van der Waals surface area contributed by atoms with Crippen molar-refractivity contribution in [3.8, 4) is 5.75 Å². The maximum Gasteiger partial charge on any atom is 0.273 e. The van der Waals surface area contributed by atoms with E-state index in [0.717, 1.165) is 23.3 Å². The van der Waals surface area contributed by atoms with Gasteiger partial charge in [0.15, 0.2) is 0 Å². The lowest BCUT2D eigenvalue weighted by Gasteiger charge is -2.15. The van der Waals surface area contributed by atoms with Gasteiger partial charge in [0.05, 0.1) is 6.54 Å². The quantitative estimate of drug-likeness (QED) is 0.538. The summed E-state index contributed by atoms with van der Waals surface area (Å²) in [5.41, 5.74) is 1.86. The molecule has 0 aliphatic heterocycles. The van der Waals surface area contributed by atoms with Crippen molar-refractivity contribution in [2.24, 2.45) is 0 Å². The zero-order valence-corrected chi connectivity index (χ0v) is 18.0. The minimum Gasteiger partial charge on any atom is -0.487 e. The first-order chi connectivity index (χ1) is 15.3. The summed E-state index contributed by atoms with van der Waals surface area (Å²) in [5.74, 6) is -1.82. The van der Waals surface area contributed by atoms with E-state index in [2.05, 4.69) is 5.32 Å². The fourth-order valence-corrected chi connectivity index (χ4v) is 3.30. The molecule has 2 aromatic carbocycles. The molecule has 32 heavy (non-hydrogen) atoms. The summed E-state index contributed by atoms with van der Waals surface area (Å²) in [4.78, 5) is 24.0. The molecule has 1 aromatic heterocycles. The largest absolute Gasteiger partial charge is 0.487 e. The van der Waals surface area contributed by atoms with Gasteiger partial charge < -0.3 is 19.7 Å². The molecule has 0 saturated carbocycles. The number of carbonyl (C=O) groups is 1. The number of halogens is 3. The predicted octanol–water partition coefficient (Wildman–Crippen LogP) is 3.32. The minimum atomic E-state index is -0.749. The highest BCUT2D eigenvalue weighted by atomic mass is 35.5. The van der Waals surface area contributed by atoms with Gasteiger partial charge in [0.2, 0.25) is 5.91 Å². The Hall–Kier alpha value is -3.23. The Balaban J connectivity index is 1.77. The van der Waals surface area contributed by atoms with Crippen LogP contribution in [0.5, 0.6) is 5.75 Å². The number of rotatable bonds is 8. The van der Waals surface area contributed by atoms with Crippen molar-refractivity contribution < 1.29 is 23.4 Å². The van der Waals surface area contributed by atoms with Crippen LogP contribution in [0.3, 0.4) is 0 Å². The molecule has 0 bridgehead atoms. The minimum absolute atomic E-state index is 0.106. The number of ether oxygens (including phenoxy) is 1. The second kappa shape index (κ2) is 10.4. The molecule has 0 spiro atoms. The molecule has 0 saturated heterocycles. The predicted molar refractivity (Wildman–Crippen MR) is 116 cm³/mol. The Kier molecular flexibility index (Phi) is 7.61. The van der Waals surface area contributed by atoms with E-state index in [9.17, 15) is 18.4 Å². The normalized spacial score (nSPS) is 10.8. The lowest BCUT2D eigenvalue weighted by Crippen LogP contribution is -2.26. The van der Waals surface area contributed by atoms with Crippen molar-refractivity contribution in [2.45, 2.75) is 26.6 Å². The highest BCUT2D eigenvalue weighted by molar-refractivity contribution is 6.31. The number of pyridine rings is 1. The monoisotopic (exact) mass is 462 g/mol. The van der Waals surface area contributed by atoms with Gasteiger partial charge in [-0.2, -0.15) is 0 Å². The average molecular weight is 463 g/mol. The highest BCUT2D eigenvalue weighted by Gasteiger charge is 2.14. The molecular weight excluding hydrogens is 442 g/mol. The molecule has 0 fully saturated rings. The van der Waals surface area contributed by atoms with Crippen molar-refractivity contribution in [3.05, 3.63) is 97.9 Å². The first kappa shape index (κ1) is 23.4. The number of nitrogens with zero attached hydrogens (tertiary/aromatic N) is 1. The van der Waals surface area contributed by atoms with Gasteiger partial charge in [-0.1, -0.05) is 35.9 Å². The van der Waals surface area contributed by atoms with Gasteiger partial charge in [0.1, 0.15) is 35.6 Å². The number of amides is 1. The first-order valence-corrected chi connectivity index (χ1v) is 10.1. The molecule has 3 aromatic rings. The van der Waals surface area contributed by atoms with Crippen LogP contribution < -0.4 is 15.6 Å². The molecule has 0 unspecified atom stereocenters. The number of carbonyl (C=O) groups excluding carboxylic acids is 1. The summed E-state index contributed by atoms with van der Waals surface area (Å²) in [7, 11) is 0. The molecule has 0 atom stereocenters. The highest BCUT2D eigenvalue weighted by Crippen LogP contribution is 2.24. The Labute approximate surface area is 188 Å². The number of aromatic nitrogens is 1. The number of aryl methyl sites for hydroxylation is 1. The van der Waals surface area contributed by atoms with Crippen LogP contribution in [-0.2, 0) is 24.5 Å². The first-order valence-electron chi connectivity index (χ1n) is 9.70. The number of aliphatic hydroxyl groups is 1. The molecule has 2 N–H and O–H groups in total. The van der Waals surface area contributed by atoms with Crippen LogP contribution in [0.25, 0.3) is 0 Å². The van der Waals surface area contributed by atoms with Crippen molar-refractivity contribution in [1.82, 2.24) is 9.88 Å². The van der Waals surface area contributed by atoms with Crippen molar-refractivity contribution in [1.29, 1.82) is 0 Å². The van der Waals surface area contributed by atoms with Gasteiger partial charge in [0, 0.05) is 29.9 Å². The van der Waals surface area contributed by atoms with Gasteiger partial charge in [-0.3, -0.25) is 9.59 Å². The third-order valence-corrected chi connectivity index (χ3v) is 5.13. The number of hydrogen-bond donors (Lipinski definition) is 2. The van der Waals surface area contributed by atoms with E-state index >= 15 is 0 Å². The maximum atomic E-state index is 13.8. The topological polar surface area (TPSA) is 80.6 Å². The van der Waals surface area contributed by atoms with Crippen LogP contribution in [0, 0.1) is 18.6 Å². The van der Waals surface area contributed by atoms with Crippen LogP contribution in [0.1, 0.15) is 22.4 Å². The van der Waals surface area contributed by atoms with E-state index in [-0.39, 0.29) is 36.0 Å². The summed E-state index contributed by atoms with van der Waals surface area (Å²) in [6.07, 6.45) is 0. The van der Waals surface area contributed by atoms with Crippen LogP contribution >= 0.6 is 11.6 Å². The molecule has 1 amide bonds. The smallest absolute Gasteiger partial charge is 0.273 e. The van der Waals surface area contributed by atoms with Gasteiger partial charge in [-0.25, -0.2) is 8.78 Å². The summed E-state index contributed by atoms with van der Waals surface area (Å²) in [6, 6.07) is 12.0. The van der Waals surface area contributed by atoms with Crippen molar-refractivity contribution in [3.63, 3.8) is 0 Å². The van der Waals surface area contributed by atoms with Gasteiger partial charge in [0.25, 0.3) is 5.56 Å². The van der Waals surface area contributed by atoms with E-state index in [1.165, 1.54) is 10.6 Å². The van der Waals surface area contributed by atoms with Gasteiger partial charge in [-0.15, -0.1) is 0 Å². The standard InChI is InChI=1S/C23H21ClF2N2O4/c1-14-7-20(32-13-17-5-6-18(25)9-19(17)26)22(24)23(31)28(14)11-16-4-2-3-15(8-16)10-27-21(30)12-29/h2-9,29H,10-13H2,1H3,(H,27,30). The van der Waals surface area contributed by atoms with Crippen molar-refractivity contribution >= 4 is 17.5 Å². The Morgan fingerprint density at radius 1 is 1.16 bits per heavy atom. The van der Waals surface area contributed by atoms with Crippen molar-refractivity contribution in [2.75, 3.05) is 6.61 Å². The van der Waals surface area contributed by atoms with E-state index < -0.39 is 29.7 Å². The maximum absolute atomic E-state index is 13.8. The molecule has 0 aliphatic rings. The second-order valence-electron chi connectivity index (χ2n) is 7.13. The molecular formula is C23H21ClF2N2O4. The fourth-order valence-electron chi connectivity index (χ4n) is 3.09.